The maximum atomic E-state index is 13.4. The fourth-order valence-electron chi connectivity index (χ4n) is 1.76. The predicted molar refractivity (Wildman–Crippen MR) is 63.5 cm³/mol. The standard InChI is InChI=1S/C10H11BrFN3O/c11-5-1-7(12)10(14)8(2-5)15-4-6(13)3-9(15)16/h1-2,6H,3-4,13-14H2. The highest BCUT2D eigenvalue weighted by Crippen LogP contribution is 2.32. The summed E-state index contributed by atoms with van der Waals surface area (Å²) in [5.74, 6) is -0.672. The minimum atomic E-state index is -0.544. The van der Waals surface area contributed by atoms with E-state index in [1.54, 1.807) is 6.07 Å². The molecule has 1 unspecified atom stereocenters. The van der Waals surface area contributed by atoms with Crippen LogP contribution in [0.25, 0.3) is 0 Å². The molecule has 4 nitrogen and oxygen atoms in total. The molecule has 0 bridgehead atoms. The molecule has 86 valence electrons. The molecule has 4 N–H and O–H groups in total. The van der Waals surface area contributed by atoms with Gasteiger partial charge >= 0.3 is 0 Å². The van der Waals surface area contributed by atoms with E-state index in [0.717, 1.165) is 0 Å². The quantitative estimate of drug-likeness (QED) is 0.763. The molecule has 0 aliphatic carbocycles. The fourth-order valence-corrected chi connectivity index (χ4v) is 2.18. The Kier molecular flexibility index (Phi) is 2.86. The number of hydrogen-bond acceptors (Lipinski definition) is 3. The summed E-state index contributed by atoms with van der Waals surface area (Å²) in [4.78, 5) is 13.0. The van der Waals surface area contributed by atoms with Crippen LogP contribution in [0.1, 0.15) is 6.42 Å². The van der Waals surface area contributed by atoms with E-state index < -0.39 is 5.82 Å². The van der Waals surface area contributed by atoms with Crippen LogP contribution in [0, 0.1) is 5.82 Å². The number of benzene rings is 1. The highest BCUT2D eigenvalue weighted by molar-refractivity contribution is 9.10. The first-order valence-electron chi connectivity index (χ1n) is 4.79. The van der Waals surface area contributed by atoms with Crippen LogP contribution in [-0.2, 0) is 4.79 Å². The van der Waals surface area contributed by atoms with Crippen molar-refractivity contribution in [3.05, 3.63) is 22.4 Å². The first kappa shape index (κ1) is 11.3. The van der Waals surface area contributed by atoms with E-state index in [4.69, 9.17) is 11.5 Å². The Morgan fingerprint density at radius 2 is 2.19 bits per heavy atom. The van der Waals surface area contributed by atoms with Crippen molar-refractivity contribution in [2.75, 3.05) is 17.2 Å². The lowest BCUT2D eigenvalue weighted by molar-refractivity contribution is -0.117. The van der Waals surface area contributed by atoms with Gasteiger partial charge < -0.3 is 16.4 Å². The minimum Gasteiger partial charge on any atom is -0.395 e. The maximum absolute atomic E-state index is 13.4. The zero-order valence-electron chi connectivity index (χ0n) is 8.41. The van der Waals surface area contributed by atoms with E-state index >= 15 is 0 Å². The number of rotatable bonds is 1. The molecular weight excluding hydrogens is 277 g/mol. The van der Waals surface area contributed by atoms with Crippen molar-refractivity contribution in [3.63, 3.8) is 0 Å². The number of hydrogen-bond donors (Lipinski definition) is 2. The first-order valence-corrected chi connectivity index (χ1v) is 5.59. The van der Waals surface area contributed by atoms with Crippen molar-refractivity contribution in [2.24, 2.45) is 5.73 Å². The largest absolute Gasteiger partial charge is 0.395 e. The molecule has 16 heavy (non-hydrogen) atoms. The summed E-state index contributed by atoms with van der Waals surface area (Å²) >= 11 is 3.16. The molecule has 1 aliphatic rings. The van der Waals surface area contributed by atoms with Crippen LogP contribution >= 0.6 is 15.9 Å². The molecule has 1 aliphatic heterocycles. The molecule has 1 fully saturated rings. The zero-order chi connectivity index (χ0) is 11.9. The second-order valence-corrected chi connectivity index (χ2v) is 4.70. The molecule has 1 aromatic rings. The number of anilines is 2. The lowest BCUT2D eigenvalue weighted by Gasteiger charge is -2.18. The number of nitrogens with zero attached hydrogens (tertiary/aromatic N) is 1. The number of carbonyl (C=O) groups is 1. The smallest absolute Gasteiger partial charge is 0.228 e. The summed E-state index contributed by atoms with van der Waals surface area (Å²) in [5.41, 5.74) is 11.6. The molecule has 2 rings (SSSR count). The van der Waals surface area contributed by atoms with Crippen molar-refractivity contribution in [2.45, 2.75) is 12.5 Å². The number of nitrogens with two attached hydrogens (primary N) is 2. The lowest BCUT2D eigenvalue weighted by atomic mass is 10.2. The third kappa shape index (κ3) is 1.90. The molecule has 1 aromatic carbocycles. The second kappa shape index (κ2) is 4.03. The third-order valence-corrected chi connectivity index (χ3v) is 2.98. The van der Waals surface area contributed by atoms with Crippen molar-refractivity contribution in [3.8, 4) is 0 Å². The Balaban J connectivity index is 2.44. The van der Waals surface area contributed by atoms with Crippen LogP contribution in [0.2, 0.25) is 0 Å². The minimum absolute atomic E-state index is 0.0225. The second-order valence-electron chi connectivity index (χ2n) is 3.79. The van der Waals surface area contributed by atoms with Gasteiger partial charge in [0.15, 0.2) is 0 Å². The summed E-state index contributed by atoms with van der Waals surface area (Å²) < 4.78 is 13.9. The Hall–Kier alpha value is -1.14. The van der Waals surface area contributed by atoms with Gasteiger partial charge in [0.25, 0.3) is 0 Å². The average molecular weight is 288 g/mol. The molecule has 1 heterocycles. The van der Waals surface area contributed by atoms with E-state index in [9.17, 15) is 9.18 Å². The molecule has 0 spiro atoms. The van der Waals surface area contributed by atoms with Crippen molar-refractivity contribution >= 4 is 33.2 Å². The first-order chi connectivity index (χ1) is 7.49. The molecule has 0 saturated carbocycles. The van der Waals surface area contributed by atoms with Gasteiger partial charge in [-0.05, 0) is 12.1 Å². The Morgan fingerprint density at radius 3 is 2.75 bits per heavy atom. The summed E-state index contributed by atoms with van der Waals surface area (Å²) in [6.07, 6.45) is 0.271. The van der Waals surface area contributed by atoms with Gasteiger partial charge in [-0.1, -0.05) is 15.9 Å². The fraction of sp³-hybridized carbons (Fsp3) is 0.300. The number of amides is 1. The van der Waals surface area contributed by atoms with Crippen molar-refractivity contribution < 1.29 is 9.18 Å². The number of nitrogen functional groups attached to an aromatic ring is 1. The molecule has 0 radical (unpaired) electrons. The van der Waals surface area contributed by atoms with Crippen LogP contribution in [-0.4, -0.2) is 18.5 Å². The molecule has 1 amide bonds. The normalized spacial score (nSPS) is 20.6. The van der Waals surface area contributed by atoms with Gasteiger partial charge in [0, 0.05) is 23.5 Å². The highest BCUT2D eigenvalue weighted by Gasteiger charge is 2.30. The van der Waals surface area contributed by atoms with Gasteiger partial charge in [0.2, 0.25) is 5.91 Å². The van der Waals surface area contributed by atoms with Crippen LogP contribution in [0.15, 0.2) is 16.6 Å². The zero-order valence-corrected chi connectivity index (χ0v) is 10.00. The van der Waals surface area contributed by atoms with Crippen molar-refractivity contribution in [1.29, 1.82) is 0 Å². The van der Waals surface area contributed by atoms with E-state index in [2.05, 4.69) is 15.9 Å². The number of halogens is 2. The summed E-state index contributed by atoms with van der Waals surface area (Å²) in [7, 11) is 0. The Morgan fingerprint density at radius 1 is 1.50 bits per heavy atom. The monoisotopic (exact) mass is 287 g/mol. The third-order valence-electron chi connectivity index (χ3n) is 2.52. The molecular formula is C10H11BrFN3O. The molecule has 1 atom stereocenters. The Labute approximate surface area is 101 Å². The van der Waals surface area contributed by atoms with Gasteiger partial charge in [-0.3, -0.25) is 4.79 Å². The number of carbonyl (C=O) groups excluding carboxylic acids is 1. The average Bonchev–Trinajstić information content (AvgIpc) is 2.51. The molecule has 6 heteroatoms. The van der Waals surface area contributed by atoms with Gasteiger partial charge in [-0.25, -0.2) is 4.39 Å². The summed E-state index contributed by atoms with van der Waals surface area (Å²) in [6.45, 7) is 0.374. The predicted octanol–water partition coefficient (Wildman–Crippen LogP) is 1.23. The maximum Gasteiger partial charge on any atom is 0.228 e. The van der Waals surface area contributed by atoms with Gasteiger partial charge in [0.1, 0.15) is 5.82 Å². The topological polar surface area (TPSA) is 72.3 Å². The van der Waals surface area contributed by atoms with E-state index in [-0.39, 0.29) is 24.1 Å². The summed E-state index contributed by atoms with van der Waals surface area (Å²) in [5, 5.41) is 0. The van der Waals surface area contributed by atoms with Gasteiger partial charge in [-0.2, -0.15) is 0 Å². The van der Waals surface area contributed by atoms with Gasteiger partial charge in [-0.15, -0.1) is 0 Å². The van der Waals surface area contributed by atoms with Crippen LogP contribution in [0.5, 0.6) is 0 Å². The Bertz CT molecular complexity index is 452. The van der Waals surface area contributed by atoms with Crippen LogP contribution < -0.4 is 16.4 Å². The van der Waals surface area contributed by atoms with Gasteiger partial charge in [0.05, 0.1) is 11.4 Å². The van der Waals surface area contributed by atoms with E-state index in [1.807, 2.05) is 0 Å². The SMILES string of the molecule is Nc1c(F)cc(Br)cc1N1CC(N)CC1=O. The van der Waals surface area contributed by atoms with E-state index in [1.165, 1.54) is 11.0 Å². The highest BCUT2D eigenvalue weighted by atomic mass is 79.9. The van der Waals surface area contributed by atoms with E-state index in [0.29, 0.717) is 16.7 Å². The molecule has 1 saturated heterocycles. The van der Waals surface area contributed by atoms with Crippen molar-refractivity contribution in [1.82, 2.24) is 0 Å². The summed E-state index contributed by atoms with van der Waals surface area (Å²) in [6, 6.07) is 2.67. The lowest BCUT2D eigenvalue weighted by Crippen LogP contribution is -2.28. The molecule has 0 aromatic heterocycles. The van der Waals surface area contributed by atoms with Crippen LogP contribution in [0.3, 0.4) is 0 Å². The van der Waals surface area contributed by atoms with Crippen LogP contribution in [0.4, 0.5) is 15.8 Å².